The van der Waals surface area contributed by atoms with Gasteiger partial charge in [0.15, 0.2) is 0 Å². The first kappa shape index (κ1) is 11.7. The highest BCUT2D eigenvalue weighted by molar-refractivity contribution is 5.81. The van der Waals surface area contributed by atoms with Crippen LogP contribution >= 0.6 is 0 Å². The molecule has 0 saturated carbocycles. The van der Waals surface area contributed by atoms with Gasteiger partial charge in [0.25, 0.3) is 0 Å². The molecule has 0 aromatic carbocycles. The van der Waals surface area contributed by atoms with E-state index in [4.69, 9.17) is 5.41 Å². The minimum atomic E-state index is 0.926. The van der Waals surface area contributed by atoms with Crippen molar-refractivity contribution in [3.63, 3.8) is 0 Å². The van der Waals surface area contributed by atoms with Crippen molar-refractivity contribution in [3.05, 3.63) is 6.92 Å². The van der Waals surface area contributed by atoms with Gasteiger partial charge in [0.1, 0.15) is 0 Å². The van der Waals surface area contributed by atoms with Crippen LogP contribution in [0.15, 0.2) is 0 Å². The molecule has 1 nitrogen and oxygen atoms in total. The fourth-order valence-electron chi connectivity index (χ4n) is 1.23. The van der Waals surface area contributed by atoms with Gasteiger partial charge >= 0.3 is 0 Å². The van der Waals surface area contributed by atoms with Gasteiger partial charge in [-0.1, -0.05) is 39.5 Å². The first-order valence-electron chi connectivity index (χ1n) is 5.16. The zero-order valence-corrected chi connectivity index (χ0v) is 8.36. The van der Waals surface area contributed by atoms with E-state index in [9.17, 15) is 0 Å². The highest BCUT2D eigenvalue weighted by Crippen LogP contribution is 2.06. The van der Waals surface area contributed by atoms with Gasteiger partial charge in [-0.25, -0.2) is 0 Å². The lowest BCUT2D eigenvalue weighted by Crippen LogP contribution is -1.95. The van der Waals surface area contributed by atoms with E-state index in [1.165, 1.54) is 25.7 Å². The molecule has 0 aliphatic rings. The second-order valence-corrected chi connectivity index (χ2v) is 3.37. The minimum Gasteiger partial charge on any atom is -0.310 e. The molecule has 0 heterocycles. The SMILES string of the molecule is [CH2]CCCC(=N)CCCCCC. The van der Waals surface area contributed by atoms with Gasteiger partial charge in [-0.3, -0.25) is 0 Å². The van der Waals surface area contributed by atoms with Crippen molar-refractivity contribution < 1.29 is 0 Å². The maximum Gasteiger partial charge on any atom is 0.00891 e. The van der Waals surface area contributed by atoms with Gasteiger partial charge in [-0.2, -0.15) is 0 Å². The lowest BCUT2D eigenvalue weighted by Gasteiger charge is -2.01. The summed E-state index contributed by atoms with van der Waals surface area (Å²) >= 11 is 0. The smallest absolute Gasteiger partial charge is 0.00891 e. The molecule has 71 valence electrons. The summed E-state index contributed by atoms with van der Waals surface area (Å²) in [6.45, 7) is 5.99. The largest absolute Gasteiger partial charge is 0.310 e. The van der Waals surface area contributed by atoms with E-state index in [-0.39, 0.29) is 0 Å². The third-order valence-electron chi connectivity index (χ3n) is 2.06. The van der Waals surface area contributed by atoms with E-state index < -0.39 is 0 Å². The highest BCUT2D eigenvalue weighted by Gasteiger charge is 1.95. The Morgan fingerprint density at radius 1 is 1.08 bits per heavy atom. The minimum absolute atomic E-state index is 0.926. The third-order valence-corrected chi connectivity index (χ3v) is 2.06. The zero-order valence-electron chi connectivity index (χ0n) is 8.36. The lowest BCUT2D eigenvalue weighted by molar-refractivity contribution is 0.677. The summed E-state index contributed by atoms with van der Waals surface area (Å²) in [4.78, 5) is 0. The Morgan fingerprint density at radius 2 is 1.75 bits per heavy atom. The third kappa shape index (κ3) is 7.77. The second-order valence-electron chi connectivity index (χ2n) is 3.37. The van der Waals surface area contributed by atoms with Crippen LogP contribution in [0.25, 0.3) is 0 Å². The molecule has 1 radical (unpaired) electrons. The van der Waals surface area contributed by atoms with Gasteiger partial charge in [0.2, 0.25) is 0 Å². The molecule has 0 amide bonds. The maximum absolute atomic E-state index is 7.60. The van der Waals surface area contributed by atoms with Crippen LogP contribution in [0.4, 0.5) is 0 Å². The molecule has 12 heavy (non-hydrogen) atoms. The Bertz CT molecular complexity index is 108. The molecule has 0 fully saturated rings. The summed E-state index contributed by atoms with van der Waals surface area (Å²) in [7, 11) is 0. The summed E-state index contributed by atoms with van der Waals surface area (Å²) in [6.07, 6.45) is 9.15. The van der Waals surface area contributed by atoms with Crippen LogP contribution in [-0.2, 0) is 0 Å². The first-order valence-corrected chi connectivity index (χ1v) is 5.16. The Balaban J connectivity index is 3.08. The summed E-state index contributed by atoms with van der Waals surface area (Å²) in [6, 6.07) is 0. The predicted octanol–water partition coefficient (Wildman–Crippen LogP) is 3.98. The Hall–Kier alpha value is -0.330. The monoisotopic (exact) mass is 168 g/mol. The van der Waals surface area contributed by atoms with Gasteiger partial charge in [-0.05, 0) is 25.7 Å². The second kappa shape index (κ2) is 8.76. The molecule has 1 N–H and O–H groups in total. The predicted molar refractivity (Wildman–Crippen MR) is 55.7 cm³/mol. The molecule has 1 heteroatoms. The van der Waals surface area contributed by atoms with Gasteiger partial charge < -0.3 is 5.41 Å². The van der Waals surface area contributed by atoms with Gasteiger partial charge in [-0.15, -0.1) is 0 Å². The fourth-order valence-corrected chi connectivity index (χ4v) is 1.23. The molecule has 0 bridgehead atoms. The van der Waals surface area contributed by atoms with E-state index in [0.29, 0.717) is 0 Å². The molecule has 0 aliphatic heterocycles. The molecule has 0 rings (SSSR count). The van der Waals surface area contributed by atoms with Crippen LogP contribution in [-0.4, -0.2) is 5.71 Å². The van der Waals surface area contributed by atoms with Crippen LogP contribution in [0.3, 0.4) is 0 Å². The molecule has 0 atom stereocenters. The molecule has 0 aliphatic carbocycles. The van der Waals surface area contributed by atoms with Crippen molar-refractivity contribution in [1.82, 2.24) is 0 Å². The van der Waals surface area contributed by atoms with E-state index in [1.54, 1.807) is 0 Å². The van der Waals surface area contributed by atoms with E-state index in [0.717, 1.165) is 31.4 Å². The number of unbranched alkanes of at least 4 members (excludes halogenated alkanes) is 4. The molecule has 0 spiro atoms. The summed E-state index contributed by atoms with van der Waals surface area (Å²) in [5, 5.41) is 7.60. The number of hydrogen-bond donors (Lipinski definition) is 1. The van der Waals surface area contributed by atoms with Crippen molar-refractivity contribution in [2.75, 3.05) is 0 Å². The van der Waals surface area contributed by atoms with Gasteiger partial charge in [0, 0.05) is 5.71 Å². The van der Waals surface area contributed by atoms with Crippen LogP contribution in [0, 0.1) is 12.3 Å². The van der Waals surface area contributed by atoms with Crippen LogP contribution in [0.2, 0.25) is 0 Å². The van der Waals surface area contributed by atoms with Gasteiger partial charge in [0.05, 0.1) is 0 Å². The molecule has 0 aromatic rings. The molecular weight excluding hydrogens is 146 g/mol. The standard InChI is InChI=1S/C11H22N/c1-3-5-7-8-10-11(12)9-6-4-2/h12H,2-10H2,1H3. The number of rotatable bonds is 8. The van der Waals surface area contributed by atoms with Crippen molar-refractivity contribution >= 4 is 5.71 Å². The Labute approximate surface area is 77.1 Å². The number of hydrogen-bond acceptors (Lipinski definition) is 1. The highest BCUT2D eigenvalue weighted by atomic mass is 14.4. The first-order chi connectivity index (χ1) is 5.81. The summed E-state index contributed by atoms with van der Waals surface area (Å²) in [5.74, 6) is 0. The summed E-state index contributed by atoms with van der Waals surface area (Å²) < 4.78 is 0. The Morgan fingerprint density at radius 3 is 2.33 bits per heavy atom. The lowest BCUT2D eigenvalue weighted by atomic mass is 10.1. The zero-order chi connectivity index (χ0) is 9.23. The van der Waals surface area contributed by atoms with Crippen LogP contribution in [0.5, 0.6) is 0 Å². The van der Waals surface area contributed by atoms with Crippen molar-refractivity contribution in [3.8, 4) is 0 Å². The molecule has 0 saturated heterocycles. The number of nitrogens with one attached hydrogen (secondary N) is 1. The van der Waals surface area contributed by atoms with E-state index in [2.05, 4.69) is 13.8 Å². The van der Waals surface area contributed by atoms with Crippen LogP contribution < -0.4 is 0 Å². The quantitative estimate of drug-likeness (QED) is 0.419. The average Bonchev–Trinajstić information content (AvgIpc) is 2.09. The van der Waals surface area contributed by atoms with E-state index in [1.807, 2.05) is 0 Å². The topological polar surface area (TPSA) is 23.9 Å². The van der Waals surface area contributed by atoms with E-state index >= 15 is 0 Å². The molecule has 0 aromatic heterocycles. The Kier molecular flexibility index (Phi) is 8.52. The normalized spacial score (nSPS) is 10.2. The van der Waals surface area contributed by atoms with Crippen molar-refractivity contribution in [2.45, 2.75) is 58.3 Å². The fraction of sp³-hybridized carbons (Fsp3) is 0.818. The maximum atomic E-state index is 7.60. The van der Waals surface area contributed by atoms with Crippen LogP contribution in [0.1, 0.15) is 58.3 Å². The molecule has 0 unspecified atom stereocenters. The van der Waals surface area contributed by atoms with Crippen molar-refractivity contribution in [2.24, 2.45) is 0 Å². The average molecular weight is 168 g/mol. The molecular formula is C11H22N. The van der Waals surface area contributed by atoms with Crippen molar-refractivity contribution in [1.29, 1.82) is 5.41 Å². The summed E-state index contributed by atoms with van der Waals surface area (Å²) in [5.41, 5.74) is 0.926.